The van der Waals surface area contributed by atoms with Crippen molar-refractivity contribution in [3.8, 4) is 0 Å². The number of rotatable bonds is 5. The molecule has 1 aliphatic rings. The Labute approximate surface area is 173 Å². The monoisotopic (exact) mass is 406 g/mol. The average Bonchev–Trinajstić information content (AvgIpc) is 3.18. The smallest absolute Gasteiger partial charge is 0.290 e. The number of carbonyl (C=O) groups is 2. The summed E-state index contributed by atoms with van der Waals surface area (Å²) in [5, 5.41) is 13.5. The maximum absolute atomic E-state index is 13.5. The second kappa shape index (κ2) is 7.44. The van der Waals surface area contributed by atoms with Crippen molar-refractivity contribution in [3.05, 3.63) is 74.9 Å². The zero-order chi connectivity index (χ0) is 20.7. The van der Waals surface area contributed by atoms with Crippen molar-refractivity contribution >= 4 is 33.8 Å². The Morgan fingerprint density at radius 1 is 1.17 bits per heavy atom. The predicted molar refractivity (Wildman–Crippen MR) is 114 cm³/mol. The predicted octanol–water partition coefficient (Wildman–Crippen LogP) is 4.90. The molecule has 0 radical (unpaired) electrons. The van der Waals surface area contributed by atoms with Crippen LogP contribution in [0.4, 0.5) is 0 Å². The Bertz CT molecular complexity index is 1160. The lowest BCUT2D eigenvalue weighted by Crippen LogP contribution is -2.32. The lowest BCUT2D eigenvalue weighted by atomic mass is 9.91. The quantitative estimate of drug-likeness (QED) is 0.612. The summed E-state index contributed by atoms with van der Waals surface area (Å²) in [4.78, 5) is 32.8. The molecule has 148 valence electrons. The normalized spacial score (nSPS) is 16.9. The van der Waals surface area contributed by atoms with Gasteiger partial charge in [0.1, 0.15) is 0 Å². The fourth-order valence-corrected chi connectivity index (χ4v) is 4.91. The van der Waals surface area contributed by atoms with Crippen LogP contribution in [0.2, 0.25) is 0 Å². The zero-order valence-electron chi connectivity index (χ0n) is 16.6. The molecule has 1 unspecified atom stereocenters. The van der Waals surface area contributed by atoms with Crippen LogP contribution in [0.15, 0.2) is 53.8 Å². The largest absolute Gasteiger partial charge is 0.503 e. The van der Waals surface area contributed by atoms with Crippen LogP contribution in [0.1, 0.15) is 45.3 Å². The second-order valence-corrected chi connectivity index (χ2v) is 8.41. The van der Waals surface area contributed by atoms with Crippen LogP contribution >= 0.6 is 11.3 Å². The lowest BCUT2D eigenvalue weighted by Gasteiger charge is -2.27. The first-order valence-corrected chi connectivity index (χ1v) is 10.5. The second-order valence-electron chi connectivity index (χ2n) is 7.21. The number of hydrogen-bond acceptors (Lipinski definition) is 5. The lowest BCUT2D eigenvalue weighted by molar-refractivity contribution is -0.129. The molecule has 0 saturated carbocycles. The van der Waals surface area contributed by atoms with E-state index in [0.717, 1.165) is 27.8 Å². The molecule has 0 aliphatic carbocycles. The average molecular weight is 407 g/mol. The number of ketones is 1. The summed E-state index contributed by atoms with van der Waals surface area (Å²) in [6.45, 7) is 6.05. The van der Waals surface area contributed by atoms with Gasteiger partial charge >= 0.3 is 0 Å². The molecule has 2 aromatic carbocycles. The summed E-state index contributed by atoms with van der Waals surface area (Å²) in [6.07, 6.45) is 0.723. The molecule has 2 heterocycles. The molecule has 0 fully saturated rings. The van der Waals surface area contributed by atoms with Crippen LogP contribution in [0, 0.1) is 13.8 Å². The molecule has 1 aromatic heterocycles. The highest BCUT2D eigenvalue weighted by Crippen LogP contribution is 2.42. The minimum Gasteiger partial charge on any atom is -0.503 e. The van der Waals surface area contributed by atoms with Crippen LogP contribution in [0.5, 0.6) is 0 Å². The van der Waals surface area contributed by atoms with E-state index in [2.05, 4.69) is 4.98 Å². The molecule has 5 nitrogen and oxygen atoms in total. The molecule has 1 amide bonds. The molecule has 1 aliphatic heterocycles. The number of aryl methyl sites for hydroxylation is 2. The van der Waals surface area contributed by atoms with E-state index < -0.39 is 17.7 Å². The van der Waals surface area contributed by atoms with Crippen LogP contribution < -0.4 is 0 Å². The van der Waals surface area contributed by atoms with Crippen LogP contribution in [-0.4, -0.2) is 33.2 Å². The number of amides is 1. The van der Waals surface area contributed by atoms with E-state index in [9.17, 15) is 14.7 Å². The van der Waals surface area contributed by atoms with Crippen LogP contribution in [0.25, 0.3) is 10.8 Å². The Balaban J connectivity index is 1.93. The van der Waals surface area contributed by atoms with Crippen molar-refractivity contribution in [2.24, 2.45) is 0 Å². The number of aromatic nitrogens is 1. The molecule has 0 spiro atoms. The number of fused-ring (bicyclic) bond motifs is 1. The molecule has 1 N–H and O–H groups in total. The number of aliphatic hydroxyl groups excluding tert-OH is 1. The summed E-state index contributed by atoms with van der Waals surface area (Å²) >= 11 is 1.29. The number of Topliss-reactive ketones (excluding diaryl/α,β-unsaturated/α-hetero) is 1. The highest BCUT2D eigenvalue weighted by molar-refractivity contribution is 7.14. The molecule has 6 heteroatoms. The van der Waals surface area contributed by atoms with Gasteiger partial charge in [-0.3, -0.25) is 9.59 Å². The van der Waals surface area contributed by atoms with E-state index in [1.165, 1.54) is 11.3 Å². The molecular weight excluding hydrogens is 384 g/mol. The Kier molecular flexibility index (Phi) is 4.96. The van der Waals surface area contributed by atoms with E-state index in [1.807, 2.05) is 56.3 Å². The van der Waals surface area contributed by atoms with Gasteiger partial charge in [0, 0.05) is 6.54 Å². The number of nitrogens with zero attached hydrogens (tertiary/aromatic N) is 2. The molecule has 4 rings (SSSR count). The summed E-state index contributed by atoms with van der Waals surface area (Å²) in [5.41, 5.74) is 1.61. The van der Waals surface area contributed by atoms with Crippen molar-refractivity contribution in [1.29, 1.82) is 0 Å². The first-order valence-electron chi connectivity index (χ1n) is 9.64. The van der Waals surface area contributed by atoms with E-state index in [-0.39, 0.29) is 11.4 Å². The Morgan fingerprint density at radius 3 is 2.59 bits per heavy atom. The third-order valence-electron chi connectivity index (χ3n) is 5.24. The zero-order valence-corrected chi connectivity index (χ0v) is 17.4. The summed E-state index contributed by atoms with van der Waals surface area (Å²) in [7, 11) is 0. The van der Waals surface area contributed by atoms with E-state index in [0.29, 0.717) is 17.1 Å². The number of carbonyl (C=O) groups excluding carboxylic acids is 2. The van der Waals surface area contributed by atoms with Crippen molar-refractivity contribution in [2.45, 2.75) is 33.2 Å². The number of aliphatic hydroxyl groups is 1. The molecule has 0 saturated heterocycles. The van der Waals surface area contributed by atoms with E-state index in [1.54, 1.807) is 11.8 Å². The van der Waals surface area contributed by atoms with Crippen molar-refractivity contribution < 1.29 is 14.7 Å². The first-order chi connectivity index (χ1) is 13.9. The van der Waals surface area contributed by atoms with Crippen LogP contribution in [0.3, 0.4) is 0 Å². The van der Waals surface area contributed by atoms with Gasteiger partial charge in [-0.25, -0.2) is 4.98 Å². The van der Waals surface area contributed by atoms with Gasteiger partial charge in [-0.15, -0.1) is 11.3 Å². The van der Waals surface area contributed by atoms with Gasteiger partial charge in [-0.1, -0.05) is 49.4 Å². The minimum atomic E-state index is -0.622. The number of benzene rings is 2. The third-order valence-corrected chi connectivity index (χ3v) is 6.31. The molecule has 1 atom stereocenters. The van der Waals surface area contributed by atoms with Gasteiger partial charge in [-0.05, 0) is 36.6 Å². The van der Waals surface area contributed by atoms with E-state index in [4.69, 9.17) is 0 Å². The van der Waals surface area contributed by atoms with Gasteiger partial charge in [-0.2, -0.15) is 0 Å². The fourth-order valence-electron chi connectivity index (χ4n) is 4.03. The standard InChI is InChI=1S/C23H22N2O3S/c1-4-12-25-19(17-11-7-9-15-8-5-6-10-16(15)17)18(21(27)23(25)28)20(26)22-13(2)24-14(3)29-22/h5-11,19,27H,4,12H2,1-3H3. The van der Waals surface area contributed by atoms with Gasteiger partial charge in [0.05, 0.1) is 27.2 Å². The minimum absolute atomic E-state index is 0.145. The maximum atomic E-state index is 13.5. The van der Waals surface area contributed by atoms with Crippen molar-refractivity contribution in [3.63, 3.8) is 0 Å². The molecule has 3 aromatic rings. The number of hydrogen-bond donors (Lipinski definition) is 1. The Hall–Kier alpha value is -2.99. The van der Waals surface area contributed by atoms with Gasteiger partial charge < -0.3 is 10.0 Å². The highest BCUT2D eigenvalue weighted by Gasteiger charge is 2.44. The third kappa shape index (κ3) is 3.13. The fraction of sp³-hybridized carbons (Fsp3) is 0.261. The summed E-state index contributed by atoms with van der Waals surface area (Å²) in [5.74, 6) is -1.27. The summed E-state index contributed by atoms with van der Waals surface area (Å²) < 4.78 is 0. The maximum Gasteiger partial charge on any atom is 0.290 e. The highest BCUT2D eigenvalue weighted by atomic mass is 32.1. The molecule has 0 bridgehead atoms. The summed E-state index contributed by atoms with van der Waals surface area (Å²) in [6, 6.07) is 13.1. The van der Waals surface area contributed by atoms with Gasteiger partial charge in [0.25, 0.3) is 5.91 Å². The van der Waals surface area contributed by atoms with Crippen LogP contribution in [-0.2, 0) is 4.79 Å². The topological polar surface area (TPSA) is 70.5 Å². The SMILES string of the molecule is CCCN1C(=O)C(O)=C(C(=O)c2sc(C)nc2C)C1c1cccc2ccccc12. The van der Waals surface area contributed by atoms with E-state index >= 15 is 0 Å². The van der Waals surface area contributed by atoms with Gasteiger partial charge in [0.2, 0.25) is 5.78 Å². The van der Waals surface area contributed by atoms with Crippen molar-refractivity contribution in [1.82, 2.24) is 9.88 Å². The number of thiazole rings is 1. The molecule has 29 heavy (non-hydrogen) atoms. The molecular formula is C23H22N2O3S. The Morgan fingerprint density at radius 2 is 1.90 bits per heavy atom. The first kappa shape index (κ1) is 19.3. The van der Waals surface area contributed by atoms with Gasteiger partial charge in [0.15, 0.2) is 5.76 Å². The van der Waals surface area contributed by atoms with Crippen molar-refractivity contribution in [2.75, 3.05) is 6.54 Å².